The maximum atomic E-state index is 12.2. The number of ether oxygens (including phenoxy) is 2. The fourth-order valence-electron chi connectivity index (χ4n) is 7.36. The van der Waals surface area contributed by atoms with Gasteiger partial charge in [0, 0.05) is 18.4 Å². The summed E-state index contributed by atoms with van der Waals surface area (Å²) in [6.45, 7) is 6.86. The third-order valence-electron chi connectivity index (χ3n) is 9.31. The quantitative estimate of drug-likeness (QED) is 0.547. The molecule has 0 aromatic heterocycles. The molecule has 5 nitrogen and oxygen atoms in total. The summed E-state index contributed by atoms with van der Waals surface area (Å²) < 4.78 is 12.2. The normalized spacial score (nSPS) is 34.5. The zero-order valence-corrected chi connectivity index (χ0v) is 21.0. The van der Waals surface area contributed by atoms with Gasteiger partial charge in [0.05, 0.1) is 19.3 Å². The molecule has 1 saturated carbocycles. The summed E-state index contributed by atoms with van der Waals surface area (Å²) in [7, 11) is 1.67. The van der Waals surface area contributed by atoms with E-state index >= 15 is 0 Å². The van der Waals surface area contributed by atoms with E-state index in [1.807, 2.05) is 18.2 Å². The lowest BCUT2D eigenvalue weighted by Crippen LogP contribution is -2.49. The lowest BCUT2D eigenvalue weighted by atomic mass is 9.61. The van der Waals surface area contributed by atoms with Crippen molar-refractivity contribution in [3.63, 3.8) is 0 Å². The van der Waals surface area contributed by atoms with E-state index in [-0.39, 0.29) is 18.5 Å². The molecule has 1 aromatic rings. The van der Waals surface area contributed by atoms with Crippen molar-refractivity contribution in [3.8, 4) is 5.75 Å². The molecule has 5 heteroatoms. The van der Waals surface area contributed by atoms with E-state index in [0.717, 1.165) is 49.0 Å². The predicted octanol–water partition coefficient (Wildman–Crippen LogP) is 5.24. The number of carbonyl (C=O) groups excluding carboxylic acids is 1. The molecule has 5 rings (SSSR count). The maximum Gasteiger partial charge on any atom is 0.156 e. The van der Waals surface area contributed by atoms with Crippen LogP contribution in [0.25, 0.3) is 0 Å². The molecule has 1 saturated heterocycles. The molecule has 1 aromatic carbocycles. The van der Waals surface area contributed by atoms with Gasteiger partial charge in [0.1, 0.15) is 11.9 Å². The Kier molecular flexibility index (Phi) is 6.54. The zero-order chi connectivity index (χ0) is 24.8. The Hall–Kier alpha value is -2.21. The van der Waals surface area contributed by atoms with Crippen LogP contribution in [0, 0.1) is 17.3 Å². The van der Waals surface area contributed by atoms with E-state index in [2.05, 4.69) is 25.6 Å². The molecule has 0 spiro atoms. The second-order valence-corrected chi connectivity index (χ2v) is 11.2. The summed E-state index contributed by atoms with van der Waals surface area (Å²) in [4.78, 5) is 12.2. The van der Waals surface area contributed by atoms with Crippen molar-refractivity contribution in [3.05, 3.63) is 64.8 Å². The van der Waals surface area contributed by atoms with Gasteiger partial charge in [0.25, 0.3) is 0 Å². The lowest BCUT2D eigenvalue weighted by Gasteiger charge is -2.45. The van der Waals surface area contributed by atoms with Crippen molar-refractivity contribution < 1.29 is 24.5 Å². The molecule has 2 N–H and O–H groups in total. The number of methoxy groups -OCH3 is 1. The predicted molar refractivity (Wildman–Crippen MR) is 135 cm³/mol. The van der Waals surface area contributed by atoms with Gasteiger partial charge >= 0.3 is 0 Å². The Balaban J connectivity index is 1.60. The van der Waals surface area contributed by atoms with Gasteiger partial charge in [0.15, 0.2) is 5.78 Å². The number of benzene rings is 1. The average Bonchev–Trinajstić information content (AvgIpc) is 3.00. The van der Waals surface area contributed by atoms with Gasteiger partial charge in [-0.15, -0.1) is 0 Å². The van der Waals surface area contributed by atoms with Gasteiger partial charge in [-0.2, -0.15) is 0 Å². The third-order valence-corrected chi connectivity index (χ3v) is 9.31. The Morgan fingerprint density at radius 3 is 2.69 bits per heavy atom. The van der Waals surface area contributed by atoms with Crippen molar-refractivity contribution >= 4 is 5.78 Å². The summed E-state index contributed by atoms with van der Waals surface area (Å²) in [5, 5.41) is 21.4. The molecule has 3 aliphatic carbocycles. The largest absolute Gasteiger partial charge is 0.497 e. The van der Waals surface area contributed by atoms with Crippen LogP contribution < -0.4 is 4.74 Å². The zero-order valence-electron chi connectivity index (χ0n) is 21.0. The highest BCUT2D eigenvalue weighted by Gasteiger charge is 2.61. The molecular formula is C30H38O5. The number of rotatable bonds is 6. The first-order chi connectivity index (χ1) is 16.8. The van der Waals surface area contributed by atoms with Crippen molar-refractivity contribution in [2.24, 2.45) is 17.3 Å². The molecule has 188 valence electrons. The van der Waals surface area contributed by atoms with Gasteiger partial charge in [-0.25, -0.2) is 0 Å². The van der Waals surface area contributed by atoms with E-state index in [9.17, 15) is 15.0 Å². The number of fused-ring (bicyclic) bond motifs is 4. The van der Waals surface area contributed by atoms with E-state index in [1.165, 1.54) is 16.7 Å². The number of hydrogen-bond acceptors (Lipinski definition) is 5. The first-order valence-electron chi connectivity index (χ1n) is 13.0. The topological polar surface area (TPSA) is 76.0 Å². The van der Waals surface area contributed by atoms with Gasteiger partial charge in [-0.05, 0) is 97.3 Å². The van der Waals surface area contributed by atoms with E-state index in [1.54, 1.807) is 7.11 Å². The minimum absolute atomic E-state index is 0.0534. The second-order valence-electron chi connectivity index (χ2n) is 11.2. The number of ketones is 1. The summed E-state index contributed by atoms with van der Waals surface area (Å²) >= 11 is 0. The van der Waals surface area contributed by atoms with Crippen LogP contribution in [-0.4, -0.2) is 41.9 Å². The van der Waals surface area contributed by atoms with Crippen molar-refractivity contribution in [1.29, 1.82) is 0 Å². The van der Waals surface area contributed by atoms with Crippen LogP contribution >= 0.6 is 0 Å². The van der Waals surface area contributed by atoms with Crippen molar-refractivity contribution in [2.75, 3.05) is 20.3 Å². The van der Waals surface area contributed by atoms with Gasteiger partial charge in [-0.1, -0.05) is 31.2 Å². The number of allylic oxidation sites excluding steroid dienone is 3. The van der Waals surface area contributed by atoms with Gasteiger partial charge in [0.2, 0.25) is 0 Å². The SMILES string of the molecule is C=C(CCO)CC1(O)CCC2C3CCC4=CC(=O)CCC4=C3C(c3ccc(OC)cc3)OCC21C. The maximum absolute atomic E-state index is 12.2. The first-order valence-corrected chi connectivity index (χ1v) is 13.0. The lowest BCUT2D eigenvalue weighted by molar-refractivity contribution is -0.114. The number of carbonyl (C=O) groups is 1. The molecule has 5 atom stereocenters. The number of hydrogen-bond donors (Lipinski definition) is 2. The van der Waals surface area contributed by atoms with E-state index < -0.39 is 11.0 Å². The Bertz CT molecular complexity index is 1070. The summed E-state index contributed by atoms with van der Waals surface area (Å²) in [6.07, 6.45) is 7.53. The molecule has 0 amide bonds. The van der Waals surface area contributed by atoms with Crippen LogP contribution in [0.1, 0.15) is 70.0 Å². The number of aliphatic hydroxyl groups excluding tert-OH is 1. The molecule has 0 radical (unpaired) electrons. The Labute approximate surface area is 208 Å². The monoisotopic (exact) mass is 478 g/mol. The van der Waals surface area contributed by atoms with Crippen LogP contribution in [0.15, 0.2) is 59.2 Å². The third kappa shape index (κ3) is 4.12. The summed E-state index contributed by atoms with van der Waals surface area (Å²) in [5.74, 6) is 1.62. The van der Waals surface area contributed by atoms with Crippen LogP contribution in [-0.2, 0) is 9.53 Å². The molecule has 35 heavy (non-hydrogen) atoms. The average molecular weight is 479 g/mol. The van der Waals surface area contributed by atoms with E-state index in [4.69, 9.17) is 9.47 Å². The summed E-state index contributed by atoms with van der Waals surface area (Å²) in [5.41, 5.74) is 4.47. The minimum Gasteiger partial charge on any atom is -0.497 e. The van der Waals surface area contributed by atoms with Gasteiger partial charge in [-0.3, -0.25) is 4.79 Å². The van der Waals surface area contributed by atoms with Crippen molar-refractivity contribution in [2.45, 2.75) is 70.0 Å². The van der Waals surface area contributed by atoms with Crippen molar-refractivity contribution in [1.82, 2.24) is 0 Å². The first kappa shape index (κ1) is 24.5. The second kappa shape index (κ2) is 9.34. The molecular weight excluding hydrogens is 440 g/mol. The number of aliphatic hydroxyl groups is 2. The van der Waals surface area contributed by atoms with Crippen LogP contribution in [0.3, 0.4) is 0 Å². The molecule has 2 fully saturated rings. The van der Waals surface area contributed by atoms with Crippen LogP contribution in [0.5, 0.6) is 5.75 Å². The van der Waals surface area contributed by atoms with Crippen LogP contribution in [0.4, 0.5) is 0 Å². The Morgan fingerprint density at radius 2 is 1.97 bits per heavy atom. The molecule has 1 aliphatic heterocycles. The highest BCUT2D eigenvalue weighted by Crippen LogP contribution is 2.63. The smallest absolute Gasteiger partial charge is 0.156 e. The fourth-order valence-corrected chi connectivity index (χ4v) is 7.36. The molecule has 1 heterocycles. The highest BCUT2D eigenvalue weighted by atomic mass is 16.5. The molecule has 4 aliphatic rings. The van der Waals surface area contributed by atoms with Gasteiger partial charge < -0.3 is 19.7 Å². The highest BCUT2D eigenvalue weighted by molar-refractivity contribution is 5.93. The van der Waals surface area contributed by atoms with Crippen LogP contribution in [0.2, 0.25) is 0 Å². The fraction of sp³-hybridized carbons (Fsp3) is 0.567. The Morgan fingerprint density at radius 1 is 1.20 bits per heavy atom. The van der Waals surface area contributed by atoms with E-state index in [0.29, 0.717) is 37.7 Å². The molecule has 0 bridgehead atoms. The standard InChI is InChI=1S/C30H38O5/c1-19(13-15-31)17-30(33)14-12-26-25-10-6-21-16-22(32)7-11-24(21)27(25)28(35-18-29(26,30)2)20-4-8-23(34-3)9-5-20/h4-5,8-9,16,25-26,28,31,33H,1,6-7,10-15,17-18H2,2-3H3. The summed E-state index contributed by atoms with van der Waals surface area (Å²) in [6, 6.07) is 8.12. The minimum atomic E-state index is -0.910. The molecule has 5 unspecified atom stereocenters.